The fourth-order valence-corrected chi connectivity index (χ4v) is 0.546. The van der Waals surface area contributed by atoms with Crippen LogP contribution in [0.3, 0.4) is 0 Å². The van der Waals surface area contributed by atoms with Gasteiger partial charge in [0.05, 0.1) is 0 Å². The van der Waals surface area contributed by atoms with E-state index in [4.69, 9.17) is 9.47 Å². The van der Waals surface area contributed by atoms with Crippen LogP contribution < -0.4 is 0 Å². The molecule has 0 bridgehead atoms. The largest absolute Gasteiger partial charge is 0.372 e. The van der Waals surface area contributed by atoms with Gasteiger partial charge < -0.3 is 25.4 Å². The molecule has 0 saturated heterocycles. The van der Waals surface area contributed by atoms with Gasteiger partial charge in [-0.3, -0.25) is 0 Å². The summed E-state index contributed by atoms with van der Waals surface area (Å²) in [5, 5.41) is 1.58. The minimum Gasteiger partial charge on any atom is -0.372 e. The maximum atomic E-state index is 4.83. The first-order chi connectivity index (χ1) is 3.68. The zero-order valence-corrected chi connectivity index (χ0v) is 9.13. The van der Waals surface area contributed by atoms with Crippen LogP contribution in [0.15, 0.2) is 0 Å². The second-order valence-corrected chi connectivity index (χ2v) is 2.66. The molecule has 60 valence electrons. The van der Waals surface area contributed by atoms with E-state index in [0.29, 0.717) is 0 Å². The van der Waals surface area contributed by atoms with E-state index in [9.17, 15) is 0 Å². The molecular formula is C4H7Br2NiO2-. The van der Waals surface area contributed by atoms with E-state index >= 15 is 0 Å². The number of halogens is 2. The molecule has 0 rings (SSSR count). The summed E-state index contributed by atoms with van der Waals surface area (Å²) in [5.74, 6) is 0. The number of methoxy groups -OCH3 is 2. The van der Waals surface area contributed by atoms with Crippen LogP contribution in [0.2, 0.25) is 0 Å². The maximum Gasteiger partial charge on any atom is 0.110 e. The standard InChI is InChI=1S/C4H7Br2O2.Ni/c1-7-4(6,3-5)8-2;/h3H,1-2H3;/q-1;. The third kappa shape index (κ3) is 4.74. The summed E-state index contributed by atoms with van der Waals surface area (Å²) in [6.07, 6.45) is 0. The van der Waals surface area contributed by atoms with E-state index < -0.39 is 4.70 Å². The first kappa shape index (κ1) is 13.0. The van der Waals surface area contributed by atoms with E-state index in [1.807, 2.05) is 0 Å². The normalized spacial score (nSPS) is 10.7. The van der Waals surface area contributed by atoms with Crippen molar-refractivity contribution in [2.45, 2.75) is 4.70 Å². The number of hydrogen-bond donors (Lipinski definition) is 0. The van der Waals surface area contributed by atoms with Crippen molar-refractivity contribution >= 4 is 31.9 Å². The summed E-state index contributed by atoms with van der Waals surface area (Å²) in [5.41, 5.74) is 0. The number of alkyl halides is 1. The van der Waals surface area contributed by atoms with Gasteiger partial charge in [0.25, 0.3) is 0 Å². The van der Waals surface area contributed by atoms with Gasteiger partial charge in [-0.05, 0) is 0 Å². The van der Waals surface area contributed by atoms with Gasteiger partial charge in [-0.15, -0.1) is 0 Å². The minimum atomic E-state index is -0.771. The fraction of sp³-hybridized carbons (Fsp3) is 0.750. The van der Waals surface area contributed by atoms with Crippen LogP contribution in [-0.4, -0.2) is 18.9 Å². The Morgan fingerprint density at radius 3 is 1.67 bits per heavy atom. The van der Waals surface area contributed by atoms with Crippen molar-refractivity contribution in [3.8, 4) is 0 Å². The zero-order chi connectivity index (χ0) is 6.62. The monoisotopic (exact) mass is 303 g/mol. The summed E-state index contributed by atoms with van der Waals surface area (Å²) in [6, 6.07) is 0. The molecule has 0 atom stereocenters. The molecule has 0 aromatic carbocycles. The smallest absolute Gasteiger partial charge is 0.110 e. The average molecular weight is 306 g/mol. The third-order valence-corrected chi connectivity index (χ3v) is 2.78. The van der Waals surface area contributed by atoms with Gasteiger partial charge in [0.1, 0.15) is 4.70 Å². The topological polar surface area (TPSA) is 18.5 Å². The number of rotatable bonds is 3. The minimum absolute atomic E-state index is 0. The Bertz CT molecular complexity index is 59.3. The van der Waals surface area contributed by atoms with Crippen LogP contribution in [0.5, 0.6) is 0 Å². The SMILES string of the molecule is COC(Br)([CH-]Br)OC.[Ni]. The molecule has 0 fully saturated rings. The van der Waals surface area contributed by atoms with Crippen LogP contribution in [0.1, 0.15) is 0 Å². The van der Waals surface area contributed by atoms with Gasteiger partial charge in [-0.1, -0.05) is 15.9 Å². The van der Waals surface area contributed by atoms with E-state index in [-0.39, 0.29) is 16.5 Å². The molecule has 0 aromatic rings. The molecule has 0 N–H and O–H groups in total. The molecule has 0 spiro atoms. The fourth-order valence-electron chi connectivity index (χ4n) is 0.172. The number of ether oxygens (including phenoxy) is 2. The molecule has 9 heavy (non-hydrogen) atoms. The molecule has 0 aliphatic rings. The average Bonchev–Trinajstić information content (AvgIpc) is 1.87. The first-order valence-corrected chi connectivity index (χ1v) is 3.63. The molecule has 0 heterocycles. The van der Waals surface area contributed by atoms with Crippen molar-refractivity contribution in [1.82, 2.24) is 0 Å². The molecule has 0 aromatic heterocycles. The van der Waals surface area contributed by atoms with Crippen molar-refractivity contribution in [3.63, 3.8) is 0 Å². The second kappa shape index (κ2) is 6.11. The Morgan fingerprint density at radius 2 is 1.67 bits per heavy atom. The predicted octanol–water partition coefficient (Wildman–Crippen LogP) is 1.88. The van der Waals surface area contributed by atoms with Gasteiger partial charge >= 0.3 is 0 Å². The van der Waals surface area contributed by atoms with E-state index in [1.165, 1.54) is 14.2 Å². The van der Waals surface area contributed by atoms with Crippen LogP contribution in [-0.2, 0) is 26.0 Å². The Kier molecular flexibility index (Phi) is 8.82. The van der Waals surface area contributed by atoms with E-state index in [0.717, 1.165) is 0 Å². The van der Waals surface area contributed by atoms with Gasteiger partial charge in [0.15, 0.2) is 0 Å². The van der Waals surface area contributed by atoms with E-state index in [2.05, 4.69) is 31.9 Å². The Hall–Kier alpha value is 1.37. The van der Waals surface area contributed by atoms with Crippen molar-refractivity contribution in [2.24, 2.45) is 0 Å². The van der Waals surface area contributed by atoms with Crippen molar-refractivity contribution in [1.29, 1.82) is 0 Å². The maximum absolute atomic E-state index is 4.83. The summed E-state index contributed by atoms with van der Waals surface area (Å²) in [6.45, 7) is 0. The van der Waals surface area contributed by atoms with Crippen LogP contribution in [0.25, 0.3) is 0 Å². The van der Waals surface area contributed by atoms with Crippen LogP contribution >= 0.6 is 31.9 Å². The van der Waals surface area contributed by atoms with Gasteiger partial charge in [0.2, 0.25) is 0 Å². The van der Waals surface area contributed by atoms with Crippen LogP contribution in [0, 0.1) is 5.33 Å². The quantitative estimate of drug-likeness (QED) is 0.343. The summed E-state index contributed by atoms with van der Waals surface area (Å²) in [4.78, 5) is 0. The summed E-state index contributed by atoms with van der Waals surface area (Å²) < 4.78 is 8.89. The molecular weight excluding hydrogens is 299 g/mol. The molecule has 0 amide bonds. The third-order valence-electron chi connectivity index (χ3n) is 0.687. The van der Waals surface area contributed by atoms with E-state index in [1.54, 1.807) is 5.33 Å². The molecule has 0 aliphatic heterocycles. The van der Waals surface area contributed by atoms with Gasteiger partial charge in [-0.2, -0.15) is 5.33 Å². The molecule has 0 saturated carbocycles. The Morgan fingerprint density at radius 1 is 1.33 bits per heavy atom. The molecule has 0 aliphatic carbocycles. The molecule has 5 heteroatoms. The van der Waals surface area contributed by atoms with Gasteiger partial charge in [0, 0.05) is 30.7 Å². The zero-order valence-electron chi connectivity index (χ0n) is 4.97. The number of hydrogen-bond acceptors (Lipinski definition) is 2. The van der Waals surface area contributed by atoms with Crippen molar-refractivity contribution in [3.05, 3.63) is 5.33 Å². The summed E-state index contributed by atoms with van der Waals surface area (Å²) in [7, 11) is 3.08. The Labute approximate surface area is 81.8 Å². The van der Waals surface area contributed by atoms with Crippen LogP contribution in [0.4, 0.5) is 0 Å². The predicted molar refractivity (Wildman–Crippen MR) is 38.9 cm³/mol. The van der Waals surface area contributed by atoms with Crippen molar-refractivity contribution < 1.29 is 26.0 Å². The summed E-state index contributed by atoms with van der Waals surface area (Å²) >= 11 is 6.21. The van der Waals surface area contributed by atoms with Crippen molar-refractivity contribution in [2.75, 3.05) is 14.2 Å². The van der Waals surface area contributed by atoms with Gasteiger partial charge in [-0.25, -0.2) is 0 Å². The molecule has 0 unspecified atom stereocenters. The molecule has 2 nitrogen and oxygen atoms in total. The first-order valence-electron chi connectivity index (χ1n) is 1.92. The Balaban J connectivity index is 0. The second-order valence-electron chi connectivity index (χ2n) is 1.10. The molecule has 0 radical (unpaired) electrons.